The van der Waals surface area contributed by atoms with Crippen LogP contribution in [0.25, 0.3) is 11.3 Å². The summed E-state index contributed by atoms with van der Waals surface area (Å²) in [4.78, 5) is 2.70. The zero-order valence-electron chi connectivity index (χ0n) is 17.4. The molecule has 156 valence electrons. The number of piperidine rings is 2. The van der Waals surface area contributed by atoms with Gasteiger partial charge >= 0.3 is 0 Å². The number of aromatic nitrogens is 2. The Balaban J connectivity index is 1.19. The molecule has 0 radical (unpaired) electrons. The van der Waals surface area contributed by atoms with Crippen molar-refractivity contribution in [2.45, 2.75) is 37.8 Å². The molecule has 2 fully saturated rings. The SMILES string of the molecule is c1ccc(Oc2ccc(-c3ccn(C4CCN(C5CCNCC5)CC4)n3)cc2)cc1. The Morgan fingerprint density at radius 3 is 2.20 bits per heavy atom. The molecule has 2 aliphatic heterocycles. The summed E-state index contributed by atoms with van der Waals surface area (Å²) in [6.07, 6.45) is 7.11. The van der Waals surface area contributed by atoms with Crippen molar-refractivity contribution in [3.8, 4) is 22.8 Å². The second kappa shape index (κ2) is 9.02. The van der Waals surface area contributed by atoms with Crippen LogP contribution in [-0.2, 0) is 0 Å². The van der Waals surface area contributed by atoms with Crippen LogP contribution in [0, 0.1) is 0 Å². The first-order valence-corrected chi connectivity index (χ1v) is 11.2. The predicted octanol–water partition coefficient (Wildman–Crippen LogP) is 4.73. The molecule has 3 aromatic rings. The highest BCUT2D eigenvalue weighted by atomic mass is 16.5. The van der Waals surface area contributed by atoms with Gasteiger partial charge in [0.1, 0.15) is 11.5 Å². The molecule has 3 heterocycles. The van der Waals surface area contributed by atoms with Crippen LogP contribution in [0.1, 0.15) is 31.7 Å². The van der Waals surface area contributed by atoms with Gasteiger partial charge in [-0.2, -0.15) is 5.10 Å². The van der Waals surface area contributed by atoms with Crippen LogP contribution in [0.2, 0.25) is 0 Å². The fraction of sp³-hybridized carbons (Fsp3) is 0.400. The van der Waals surface area contributed by atoms with Crippen molar-refractivity contribution < 1.29 is 4.74 Å². The summed E-state index contributed by atoms with van der Waals surface area (Å²) >= 11 is 0. The largest absolute Gasteiger partial charge is 0.457 e. The summed E-state index contributed by atoms with van der Waals surface area (Å²) in [6, 6.07) is 21.5. The molecule has 0 saturated carbocycles. The summed E-state index contributed by atoms with van der Waals surface area (Å²) < 4.78 is 8.08. The van der Waals surface area contributed by atoms with Crippen LogP contribution in [0.3, 0.4) is 0 Å². The first-order valence-electron chi connectivity index (χ1n) is 11.2. The second-order valence-corrected chi connectivity index (χ2v) is 8.37. The van der Waals surface area contributed by atoms with Gasteiger partial charge in [0.25, 0.3) is 0 Å². The number of nitrogens with one attached hydrogen (secondary N) is 1. The molecule has 2 aromatic carbocycles. The van der Waals surface area contributed by atoms with Gasteiger partial charge in [-0.05, 0) is 81.2 Å². The van der Waals surface area contributed by atoms with Gasteiger partial charge < -0.3 is 15.0 Å². The van der Waals surface area contributed by atoms with Gasteiger partial charge in [0, 0.05) is 30.9 Å². The number of para-hydroxylation sites is 1. The van der Waals surface area contributed by atoms with Crippen LogP contribution >= 0.6 is 0 Å². The second-order valence-electron chi connectivity index (χ2n) is 8.37. The molecule has 5 heteroatoms. The maximum absolute atomic E-state index is 5.90. The molecule has 0 bridgehead atoms. The number of hydrogen-bond donors (Lipinski definition) is 1. The van der Waals surface area contributed by atoms with Crippen molar-refractivity contribution in [2.24, 2.45) is 0 Å². The minimum absolute atomic E-state index is 0.511. The zero-order valence-corrected chi connectivity index (χ0v) is 17.4. The Morgan fingerprint density at radius 1 is 0.767 bits per heavy atom. The van der Waals surface area contributed by atoms with Crippen molar-refractivity contribution in [3.05, 3.63) is 66.9 Å². The summed E-state index contributed by atoms with van der Waals surface area (Å²) in [7, 11) is 0. The molecule has 0 amide bonds. The molecule has 1 N–H and O–H groups in total. The van der Waals surface area contributed by atoms with Gasteiger partial charge in [0.2, 0.25) is 0 Å². The molecule has 0 unspecified atom stereocenters. The van der Waals surface area contributed by atoms with Gasteiger partial charge in [0.05, 0.1) is 11.7 Å². The fourth-order valence-electron chi connectivity index (χ4n) is 4.70. The number of nitrogens with zero attached hydrogens (tertiary/aromatic N) is 3. The van der Waals surface area contributed by atoms with Gasteiger partial charge in [-0.3, -0.25) is 4.68 Å². The molecule has 1 aromatic heterocycles. The standard InChI is InChI=1S/C25H30N4O/c1-2-4-23(5-3-1)30-24-8-6-20(7-9-24)25-14-19-29(27-25)22-12-17-28(18-13-22)21-10-15-26-16-11-21/h1-9,14,19,21-22,26H,10-13,15-18H2. The predicted molar refractivity (Wildman–Crippen MR) is 120 cm³/mol. The van der Waals surface area contributed by atoms with Gasteiger partial charge in [0.15, 0.2) is 0 Å². The van der Waals surface area contributed by atoms with Crippen LogP contribution in [0.4, 0.5) is 0 Å². The Morgan fingerprint density at radius 2 is 1.47 bits per heavy atom. The van der Waals surface area contributed by atoms with Crippen LogP contribution in [0.15, 0.2) is 66.9 Å². The Kier molecular flexibility index (Phi) is 5.82. The van der Waals surface area contributed by atoms with E-state index in [2.05, 4.69) is 39.3 Å². The summed E-state index contributed by atoms with van der Waals surface area (Å²) in [5.74, 6) is 1.69. The highest BCUT2D eigenvalue weighted by molar-refractivity contribution is 5.59. The average Bonchev–Trinajstić information content (AvgIpc) is 3.31. The Labute approximate surface area is 178 Å². The van der Waals surface area contributed by atoms with Gasteiger partial charge in [-0.25, -0.2) is 0 Å². The van der Waals surface area contributed by atoms with E-state index in [1.807, 2.05) is 42.5 Å². The van der Waals surface area contributed by atoms with Gasteiger partial charge in [-0.15, -0.1) is 0 Å². The highest BCUT2D eigenvalue weighted by Gasteiger charge is 2.27. The molecule has 0 spiro atoms. The first-order chi connectivity index (χ1) is 14.8. The van der Waals surface area contributed by atoms with E-state index in [0.29, 0.717) is 6.04 Å². The lowest BCUT2D eigenvalue weighted by molar-refractivity contribution is 0.110. The normalized spacial score (nSPS) is 19.1. The lowest BCUT2D eigenvalue weighted by Crippen LogP contribution is -2.46. The monoisotopic (exact) mass is 402 g/mol. The quantitative estimate of drug-likeness (QED) is 0.670. The zero-order chi connectivity index (χ0) is 20.2. The fourth-order valence-corrected chi connectivity index (χ4v) is 4.70. The third kappa shape index (κ3) is 4.42. The van der Waals surface area contributed by atoms with E-state index < -0.39 is 0 Å². The van der Waals surface area contributed by atoms with Crippen molar-refractivity contribution in [1.82, 2.24) is 20.0 Å². The van der Waals surface area contributed by atoms with Crippen molar-refractivity contribution in [3.63, 3.8) is 0 Å². The first kappa shape index (κ1) is 19.3. The maximum Gasteiger partial charge on any atom is 0.127 e. The molecular formula is C25H30N4O. The Hall–Kier alpha value is -2.63. The minimum Gasteiger partial charge on any atom is -0.457 e. The molecule has 2 aliphatic rings. The van der Waals surface area contributed by atoms with Gasteiger partial charge in [-0.1, -0.05) is 18.2 Å². The lowest BCUT2D eigenvalue weighted by Gasteiger charge is -2.39. The summed E-state index contributed by atoms with van der Waals surface area (Å²) in [6.45, 7) is 4.72. The number of benzene rings is 2. The minimum atomic E-state index is 0.511. The van der Waals surface area contributed by atoms with E-state index in [1.165, 1.54) is 51.9 Å². The van der Waals surface area contributed by atoms with Crippen molar-refractivity contribution >= 4 is 0 Å². The van der Waals surface area contributed by atoms with Crippen LogP contribution in [0.5, 0.6) is 11.5 Å². The van der Waals surface area contributed by atoms with E-state index in [4.69, 9.17) is 9.84 Å². The van der Waals surface area contributed by atoms with E-state index >= 15 is 0 Å². The third-order valence-corrected chi connectivity index (χ3v) is 6.44. The third-order valence-electron chi connectivity index (χ3n) is 6.44. The Bertz CT molecular complexity index is 923. The molecule has 0 atom stereocenters. The number of hydrogen-bond acceptors (Lipinski definition) is 4. The van der Waals surface area contributed by atoms with Crippen molar-refractivity contribution in [2.75, 3.05) is 26.2 Å². The summed E-state index contributed by atoms with van der Waals surface area (Å²) in [5, 5.41) is 8.38. The highest BCUT2D eigenvalue weighted by Crippen LogP contribution is 2.28. The topological polar surface area (TPSA) is 42.3 Å². The van der Waals surface area contributed by atoms with Crippen LogP contribution < -0.4 is 10.1 Å². The summed E-state index contributed by atoms with van der Waals surface area (Å²) in [5.41, 5.74) is 2.16. The molecule has 2 saturated heterocycles. The van der Waals surface area contributed by atoms with Crippen LogP contribution in [-0.4, -0.2) is 46.9 Å². The van der Waals surface area contributed by atoms with E-state index in [-0.39, 0.29) is 0 Å². The number of likely N-dealkylation sites (tertiary alicyclic amines) is 1. The number of ether oxygens (including phenoxy) is 1. The van der Waals surface area contributed by atoms with E-state index in [1.54, 1.807) is 0 Å². The number of rotatable bonds is 5. The average molecular weight is 403 g/mol. The molecular weight excluding hydrogens is 372 g/mol. The molecule has 30 heavy (non-hydrogen) atoms. The van der Waals surface area contributed by atoms with E-state index in [9.17, 15) is 0 Å². The lowest BCUT2D eigenvalue weighted by atomic mass is 9.99. The maximum atomic E-state index is 5.90. The van der Waals surface area contributed by atoms with E-state index in [0.717, 1.165) is 28.8 Å². The smallest absolute Gasteiger partial charge is 0.127 e. The molecule has 5 nitrogen and oxygen atoms in total. The molecule has 0 aliphatic carbocycles. The van der Waals surface area contributed by atoms with Crippen molar-refractivity contribution in [1.29, 1.82) is 0 Å². The molecule has 5 rings (SSSR count).